The van der Waals surface area contributed by atoms with Gasteiger partial charge in [-0.05, 0) is 49.4 Å². The minimum absolute atomic E-state index is 0.265. The molecule has 0 spiro atoms. The SMILES string of the molecule is CCCCS(=O)(=O)N1CCC(Cn2c(COc3ccccc3)nc3ccccc32)CC1. The number of imidazole rings is 1. The third-order valence-corrected chi connectivity index (χ3v) is 7.96. The van der Waals surface area contributed by atoms with E-state index in [2.05, 4.69) is 10.6 Å². The van der Waals surface area contributed by atoms with E-state index < -0.39 is 10.0 Å². The van der Waals surface area contributed by atoms with Crippen molar-refractivity contribution in [3.8, 4) is 5.75 Å². The van der Waals surface area contributed by atoms with E-state index in [1.54, 1.807) is 4.31 Å². The van der Waals surface area contributed by atoms with Gasteiger partial charge in [-0.3, -0.25) is 0 Å². The molecule has 0 unspecified atom stereocenters. The molecule has 0 N–H and O–H groups in total. The highest BCUT2D eigenvalue weighted by Gasteiger charge is 2.28. The summed E-state index contributed by atoms with van der Waals surface area (Å²) in [6.45, 7) is 4.48. The van der Waals surface area contributed by atoms with Gasteiger partial charge in [-0.1, -0.05) is 43.7 Å². The van der Waals surface area contributed by atoms with E-state index in [9.17, 15) is 8.42 Å². The van der Waals surface area contributed by atoms with Crippen LogP contribution in [0.3, 0.4) is 0 Å². The van der Waals surface area contributed by atoms with Gasteiger partial charge in [0.15, 0.2) is 0 Å². The van der Waals surface area contributed by atoms with Crippen molar-refractivity contribution in [3.05, 3.63) is 60.4 Å². The van der Waals surface area contributed by atoms with Gasteiger partial charge in [0.2, 0.25) is 10.0 Å². The fourth-order valence-electron chi connectivity index (χ4n) is 4.19. The number of sulfonamides is 1. The number of piperidine rings is 1. The predicted octanol–water partition coefficient (Wildman–Crippen LogP) is 4.46. The molecule has 1 aliphatic heterocycles. The van der Waals surface area contributed by atoms with Gasteiger partial charge < -0.3 is 9.30 Å². The molecular weight excluding hydrogens is 410 g/mol. The quantitative estimate of drug-likeness (QED) is 0.492. The average molecular weight is 442 g/mol. The molecule has 1 aliphatic rings. The second-order valence-electron chi connectivity index (χ2n) is 8.24. The lowest BCUT2D eigenvalue weighted by molar-refractivity contribution is 0.244. The molecule has 0 atom stereocenters. The van der Waals surface area contributed by atoms with Gasteiger partial charge in [-0.15, -0.1) is 0 Å². The maximum atomic E-state index is 12.5. The Labute approximate surface area is 184 Å². The van der Waals surface area contributed by atoms with E-state index in [1.165, 1.54) is 0 Å². The van der Waals surface area contributed by atoms with Crippen LogP contribution in [0.4, 0.5) is 0 Å². The van der Waals surface area contributed by atoms with Crippen molar-refractivity contribution in [1.29, 1.82) is 0 Å². The predicted molar refractivity (Wildman–Crippen MR) is 123 cm³/mol. The Morgan fingerprint density at radius 2 is 1.74 bits per heavy atom. The van der Waals surface area contributed by atoms with Gasteiger partial charge in [0.1, 0.15) is 18.2 Å². The zero-order valence-electron chi connectivity index (χ0n) is 18.1. The number of hydrogen-bond donors (Lipinski definition) is 0. The first-order valence-corrected chi connectivity index (χ1v) is 12.8. The van der Waals surface area contributed by atoms with Crippen LogP contribution in [-0.2, 0) is 23.2 Å². The number of hydrogen-bond acceptors (Lipinski definition) is 4. The van der Waals surface area contributed by atoms with Gasteiger partial charge in [-0.2, -0.15) is 0 Å². The summed E-state index contributed by atoms with van der Waals surface area (Å²) in [7, 11) is -3.12. The Morgan fingerprint density at radius 1 is 1.03 bits per heavy atom. The van der Waals surface area contributed by atoms with E-state index in [1.807, 2.05) is 55.5 Å². The normalized spacial score (nSPS) is 16.0. The fraction of sp³-hybridized carbons (Fsp3) is 0.458. The zero-order valence-corrected chi connectivity index (χ0v) is 18.9. The molecule has 1 aromatic heterocycles. The summed E-state index contributed by atoms with van der Waals surface area (Å²) in [5.41, 5.74) is 2.07. The average Bonchev–Trinajstić information content (AvgIpc) is 3.15. The van der Waals surface area contributed by atoms with Crippen LogP contribution in [0.25, 0.3) is 11.0 Å². The summed E-state index contributed by atoms with van der Waals surface area (Å²) < 4.78 is 34.9. The lowest BCUT2D eigenvalue weighted by Crippen LogP contribution is -2.40. The highest BCUT2D eigenvalue weighted by atomic mass is 32.2. The van der Waals surface area contributed by atoms with Gasteiger partial charge in [0.05, 0.1) is 16.8 Å². The van der Waals surface area contributed by atoms with E-state index in [0.29, 0.717) is 25.6 Å². The van der Waals surface area contributed by atoms with Gasteiger partial charge in [-0.25, -0.2) is 17.7 Å². The van der Waals surface area contributed by atoms with E-state index >= 15 is 0 Å². The highest BCUT2D eigenvalue weighted by Crippen LogP contribution is 2.26. The maximum absolute atomic E-state index is 12.5. The second kappa shape index (κ2) is 9.83. The van der Waals surface area contributed by atoms with Crippen molar-refractivity contribution in [2.24, 2.45) is 5.92 Å². The summed E-state index contributed by atoms with van der Waals surface area (Å²) >= 11 is 0. The summed E-state index contributed by atoms with van der Waals surface area (Å²) in [5.74, 6) is 2.42. The minimum atomic E-state index is -3.12. The molecule has 0 amide bonds. The molecule has 166 valence electrons. The molecule has 6 nitrogen and oxygen atoms in total. The monoisotopic (exact) mass is 441 g/mol. The van der Waals surface area contributed by atoms with Crippen LogP contribution in [0.1, 0.15) is 38.4 Å². The third kappa shape index (κ3) is 5.28. The molecule has 0 bridgehead atoms. The Kier molecular flexibility index (Phi) is 6.92. The van der Waals surface area contributed by atoms with Crippen molar-refractivity contribution >= 4 is 21.1 Å². The highest BCUT2D eigenvalue weighted by molar-refractivity contribution is 7.89. The van der Waals surface area contributed by atoms with Crippen molar-refractivity contribution in [1.82, 2.24) is 13.9 Å². The van der Waals surface area contributed by atoms with Crippen LogP contribution >= 0.6 is 0 Å². The lowest BCUT2D eigenvalue weighted by atomic mass is 9.98. The number of unbranched alkanes of at least 4 members (excludes halogenated alkanes) is 1. The van der Waals surface area contributed by atoms with Crippen LogP contribution in [0.2, 0.25) is 0 Å². The van der Waals surface area contributed by atoms with Crippen LogP contribution < -0.4 is 4.74 Å². The standard InChI is InChI=1S/C24H31N3O3S/c1-2-3-17-31(28,29)26-15-13-20(14-16-26)18-27-23-12-8-7-11-22(23)25-24(27)19-30-21-9-5-4-6-10-21/h4-12,20H,2-3,13-19H2,1H3. The lowest BCUT2D eigenvalue weighted by Gasteiger charge is -2.31. The number of aromatic nitrogens is 2. The molecule has 3 aromatic rings. The Balaban J connectivity index is 1.45. The Bertz CT molecular complexity index is 1090. The molecule has 0 radical (unpaired) electrons. The largest absolute Gasteiger partial charge is 0.486 e. The van der Waals surface area contributed by atoms with Gasteiger partial charge in [0.25, 0.3) is 0 Å². The molecule has 2 heterocycles. The van der Waals surface area contributed by atoms with Crippen molar-refractivity contribution < 1.29 is 13.2 Å². The molecule has 0 saturated carbocycles. The number of rotatable bonds is 9. The number of ether oxygens (including phenoxy) is 1. The summed E-state index contributed by atoms with van der Waals surface area (Å²) in [6, 6.07) is 17.9. The first kappa shape index (κ1) is 21.8. The second-order valence-corrected chi connectivity index (χ2v) is 10.3. The zero-order chi connectivity index (χ0) is 21.7. The first-order valence-electron chi connectivity index (χ1n) is 11.2. The summed E-state index contributed by atoms with van der Waals surface area (Å²) in [4.78, 5) is 4.81. The van der Waals surface area contributed by atoms with Crippen molar-refractivity contribution in [2.45, 2.75) is 45.8 Å². The van der Waals surface area contributed by atoms with Crippen LogP contribution in [-0.4, -0.2) is 41.1 Å². The molecule has 7 heteroatoms. The van der Waals surface area contributed by atoms with E-state index in [0.717, 1.165) is 54.8 Å². The van der Waals surface area contributed by atoms with Gasteiger partial charge >= 0.3 is 0 Å². The van der Waals surface area contributed by atoms with E-state index in [4.69, 9.17) is 9.72 Å². The van der Waals surface area contributed by atoms with Crippen molar-refractivity contribution in [2.75, 3.05) is 18.8 Å². The fourth-order valence-corrected chi connectivity index (χ4v) is 5.87. The van der Waals surface area contributed by atoms with Crippen LogP contribution in [0.5, 0.6) is 5.75 Å². The Hall–Kier alpha value is -2.38. The third-order valence-electron chi connectivity index (χ3n) is 6.01. The Morgan fingerprint density at radius 3 is 2.48 bits per heavy atom. The topological polar surface area (TPSA) is 64.4 Å². The molecule has 1 fully saturated rings. The molecule has 2 aromatic carbocycles. The first-order chi connectivity index (χ1) is 15.1. The van der Waals surface area contributed by atoms with Gasteiger partial charge in [0, 0.05) is 19.6 Å². The molecule has 1 saturated heterocycles. The molecule has 31 heavy (non-hydrogen) atoms. The summed E-state index contributed by atoms with van der Waals surface area (Å²) in [6.07, 6.45) is 3.37. The number of para-hydroxylation sites is 3. The smallest absolute Gasteiger partial charge is 0.214 e. The number of nitrogens with zero attached hydrogens (tertiary/aromatic N) is 3. The molecule has 0 aliphatic carbocycles. The summed E-state index contributed by atoms with van der Waals surface area (Å²) in [5, 5.41) is 0. The number of fused-ring (bicyclic) bond motifs is 1. The van der Waals surface area contributed by atoms with Crippen LogP contribution in [0.15, 0.2) is 54.6 Å². The van der Waals surface area contributed by atoms with Crippen molar-refractivity contribution in [3.63, 3.8) is 0 Å². The molecular formula is C24H31N3O3S. The minimum Gasteiger partial charge on any atom is -0.486 e. The van der Waals surface area contributed by atoms with E-state index in [-0.39, 0.29) is 5.75 Å². The maximum Gasteiger partial charge on any atom is 0.214 e. The number of benzene rings is 2. The van der Waals surface area contributed by atoms with Crippen LogP contribution in [0, 0.1) is 5.92 Å². The molecule has 4 rings (SSSR count).